The number of ether oxygens (including phenoxy) is 1. The van der Waals surface area contributed by atoms with Crippen molar-refractivity contribution in [3.63, 3.8) is 0 Å². The number of alkyl halides is 3. The molecule has 1 amide bonds. The number of rotatable bonds is 5. The van der Waals surface area contributed by atoms with Crippen LogP contribution < -0.4 is 15.4 Å². The van der Waals surface area contributed by atoms with E-state index in [4.69, 9.17) is 4.74 Å². The number of aryl methyl sites for hydroxylation is 2. The number of benzene rings is 2. The Morgan fingerprint density at radius 1 is 1.27 bits per heavy atom. The molecule has 0 saturated heterocycles. The summed E-state index contributed by atoms with van der Waals surface area (Å²) in [5, 5.41) is 9.76. The average molecular weight is 458 g/mol. The minimum absolute atomic E-state index is 0.00805. The van der Waals surface area contributed by atoms with Gasteiger partial charge in [0.1, 0.15) is 11.5 Å². The second-order valence-corrected chi connectivity index (χ2v) is 7.94. The van der Waals surface area contributed by atoms with E-state index < -0.39 is 11.9 Å². The summed E-state index contributed by atoms with van der Waals surface area (Å²) in [6.07, 6.45) is -1.30. The van der Waals surface area contributed by atoms with E-state index in [0.717, 1.165) is 23.3 Å². The number of amides is 1. The third kappa shape index (κ3) is 4.59. The molecule has 2 heterocycles. The van der Waals surface area contributed by atoms with Gasteiger partial charge in [-0.15, -0.1) is 0 Å². The predicted molar refractivity (Wildman–Crippen MR) is 119 cm³/mol. The van der Waals surface area contributed by atoms with Crippen LogP contribution in [-0.4, -0.2) is 29.3 Å². The summed E-state index contributed by atoms with van der Waals surface area (Å²) in [7, 11) is 3.09. The van der Waals surface area contributed by atoms with E-state index in [1.165, 1.54) is 23.9 Å². The molecule has 0 fully saturated rings. The van der Waals surface area contributed by atoms with Crippen molar-refractivity contribution in [2.24, 2.45) is 7.05 Å². The van der Waals surface area contributed by atoms with Gasteiger partial charge in [0.25, 0.3) is 5.91 Å². The lowest BCUT2D eigenvalue weighted by molar-refractivity contribution is -0.140. The standard InChI is InChI=1S/C24H25F3N4O2/c1-4-14-11-15(5-7-18(14)23(32)28-2)20-12-17(9-10-29-20)33-16-6-8-19-21(13-16)31(3)30-22(19)24(25,26)27/h5-9,11,13,20,29H,4,10,12H2,1-3H3,(H,28,32). The van der Waals surface area contributed by atoms with Crippen molar-refractivity contribution in [3.05, 3.63) is 70.6 Å². The topological polar surface area (TPSA) is 68.2 Å². The Morgan fingerprint density at radius 3 is 2.76 bits per heavy atom. The molecule has 2 aromatic carbocycles. The van der Waals surface area contributed by atoms with E-state index in [2.05, 4.69) is 15.7 Å². The van der Waals surface area contributed by atoms with Crippen molar-refractivity contribution < 1.29 is 22.7 Å². The summed E-state index contributed by atoms with van der Waals surface area (Å²) in [4.78, 5) is 12.1. The number of nitrogens with one attached hydrogen (secondary N) is 2. The Bertz CT molecular complexity index is 1230. The summed E-state index contributed by atoms with van der Waals surface area (Å²) < 4.78 is 46.9. The van der Waals surface area contributed by atoms with Gasteiger partial charge in [-0.3, -0.25) is 9.48 Å². The normalized spacial score (nSPS) is 16.5. The maximum absolute atomic E-state index is 13.2. The lowest BCUT2D eigenvalue weighted by Gasteiger charge is -2.25. The van der Waals surface area contributed by atoms with Crippen LogP contribution in [0.15, 0.2) is 48.2 Å². The molecule has 1 aromatic heterocycles. The predicted octanol–water partition coefficient (Wildman–Crippen LogP) is 4.51. The molecule has 0 spiro atoms. The van der Waals surface area contributed by atoms with E-state index >= 15 is 0 Å². The number of carbonyl (C=O) groups excluding carboxylic acids is 1. The van der Waals surface area contributed by atoms with Gasteiger partial charge in [0.05, 0.1) is 5.52 Å². The van der Waals surface area contributed by atoms with Crippen LogP contribution in [-0.2, 0) is 19.6 Å². The highest BCUT2D eigenvalue weighted by Crippen LogP contribution is 2.36. The lowest BCUT2D eigenvalue weighted by atomic mass is 9.94. The van der Waals surface area contributed by atoms with Gasteiger partial charge in [0, 0.05) is 50.1 Å². The number of hydrogen-bond donors (Lipinski definition) is 2. The molecular weight excluding hydrogens is 433 g/mol. The molecule has 0 saturated carbocycles. The molecule has 1 aliphatic heterocycles. The SMILES string of the molecule is CCc1cc(C2CC(Oc3ccc4c(C(F)(F)F)nn(C)c4c3)=CCN2)ccc1C(=O)NC. The first-order valence-electron chi connectivity index (χ1n) is 10.7. The molecular formula is C24H25F3N4O2. The largest absolute Gasteiger partial charge is 0.462 e. The molecule has 4 rings (SSSR count). The molecule has 9 heteroatoms. The quantitative estimate of drug-likeness (QED) is 0.590. The number of carbonyl (C=O) groups is 1. The smallest absolute Gasteiger partial charge is 0.435 e. The minimum atomic E-state index is -4.52. The van der Waals surface area contributed by atoms with Crippen LogP contribution in [0.3, 0.4) is 0 Å². The van der Waals surface area contributed by atoms with E-state index in [1.807, 2.05) is 31.2 Å². The van der Waals surface area contributed by atoms with E-state index in [-0.39, 0.29) is 17.3 Å². The van der Waals surface area contributed by atoms with E-state index in [1.54, 1.807) is 13.1 Å². The van der Waals surface area contributed by atoms with Crippen LogP contribution in [0.5, 0.6) is 5.75 Å². The van der Waals surface area contributed by atoms with E-state index in [0.29, 0.717) is 29.8 Å². The van der Waals surface area contributed by atoms with Gasteiger partial charge < -0.3 is 15.4 Å². The zero-order valence-electron chi connectivity index (χ0n) is 18.6. The maximum Gasteiger partial charge on any atom is 0.435 e. The van der Waals surface area contributed by atoms with Crippen LogP contribution >= 0.6 is 0 Å². The molecule has 6 nitrogen and oxygen atoms in total. The number of hydrogen-bond acceptors (Lipinski definition) is 4. The van der Waals surface area contributed by atoms with Crippen LogP contribution in [0.1, 0.15) is 46.6 Å². The van der Waals surface area contributed by atoms with Crippen molar-refractivity contribution in [2.45, 2.75) is 32.0 Å². The summed E-state index contributed by atoms with van der Waals surface area (Å²) in [6.45, 7) is 2.60. The molecule has 1 aliphatic rings. The first-order valence-corrected chi connectivity index (χ1v) is 10.7. The molecule has 1 atom stereocenters. The van der Waals surface area contributed by atoms with Gasteiger partial charge in [-0.05, 0) is 41.8 Å². The molecule has 0 aliphatic carbocycles. The van der Waals surface area contributed by atoms with Crippen molar-refractivity contribution in [1.82, 2.24) is 20.4 Å². The van der Waals surface area contributed by atoms with Gasteiger partial charge in [0.15, 0.2) is 5.69 Å². The monoisotopic (exact) mass is 458 g/mol. The first-order chi connectivity index (χ1) is 15.7. The van der Waals surface area contributed by atoms with Crippen molar-refractivity contribution in [1.29, 1.82) is 0 Å². The van der Waals surface area contributed by atoms with Gasteiger partial charge >= 0.3 is 6.18 Å². The average Bonchev–Trinajstić information content (AvgIpc) is 3.14. The molecule has 2 N–H and O–H groups in total. The molecule has 174 valence electrons. The highest BCUT2D eigenvalue weighted by Gasteiger charge is 2.36. The second-order valence-electron chi connectivity index (χ2n) is 7.94. The fraction of sp³-hybridized carbons (Fsp3) is 0.333. The molecule has 3 aromatic rings. The molecule has 0 radical (unpaired) electrons. The number of nitrogens with zero attached hydrogens (tertiary/aromatic N) is 2. The van der Waals surface area contributed by atoms with Crippen molar-refractivity contribution in [2.75, 3.05) is 13.6 Å². The minimum Gasteiger partial charge on any atom is -0.462 e. The van der Waals surface area contributed by atoms with Crippen molar-refractivity contribution in [3.8, 4) is 5.75 Å². The second kappa shape index (κ2) is 8.90. The van der Waals surface area contributed by atoms with Gasteiger partial charge in [-0.25, -0.2) is 0 Å². The summed E-state index contributed by atoms with van der Waals surface area (Å²) in [5.41, 5.74) is 2.12. The van der Waals surface area contributed by atoms with E-state index in [9.17, 15) is 18.0 Å². The lowest BCUT2D eigenvalue weighted by Crippen LogP contribution is -2.28. The van der Waals surface area contributed by atoms with Crippen molar-refractivity contribution >= 4 is 16.8 Å². The zero-order chi connectivity index (χ0) is 23.8. The van der Waals surface area contributed by atoms with Gasteiger partial charge in [-0.1, -0.05) is 19.1 Å². The van der Waals surface area contributed by atoms with Crippen LogP contribution in [0.2, 0.25) is 0 Å². The number of fused-ring (bicyclic) bond motifs is 1. The number of halogens is 3. The van der Waals surface area contributed by atoms with Gasteiger partial charge in [0.2, 0.25) is 0 Å². The summed E-state index contributed by atoms with van der Waals surface area (Å²) in [6, 6.07) is 10.3. The van der Waals surface area contributed by atoms with Crippen LogP contribution in [0.4, 0.5) is 13.2 Å². The molecule has 33 heavy (non-hydrogen) atoms. The molecule has 0 bridgehead atoms. The Kier molecular flexibility index (Phi) is 6.16. The summed E-state index contributed by atoms with van der Waals surface area (Å²) >= 11 is 0. The zero-order valence-corrected chi connectivity index (χ0v) is 18.6. The van der Waals surface area contributed by atoms with Crippen LogP contribution in [0.25, 0.3) is 10.9 Å². The fourth-order valence-corrected chi connectivity index (χ4v) is 4.13. The highest BCUT2D eigenvalue weighted by atomic mass is 19.4. The van der Waals surface area contributed by atoms with Crippen LogP contribution in [0, 0.1) is 0 Å². The highest BCUT2D eigenvalue weighted by molar-refractivity contribution is 5.95. The third-order valence-electron chi connectivity index (χ3n) is 5.82. The third-order valence-corrected chi connectivity index (χ3v) is 5.82. The number of aromatic nitrogens is 2. The molecule has 1 unspecified atom stereocenters. The first kappa shape index (κ1) is 22.8. The Hall–Kier alpha value is -3.33. The fourth-order valence-electron chi connectivity index (χ4n) is 4.13. The maximum atomic E-state index is 13.2. The Balaban J connectivity index is 1.54. The Labute approximate surface area is 189 Å². The Morgan fingerprint density at radius 2 is 2.06 bits per heavy atom. The summed E-state index contributed by atoms with van der Waals surface area (Å²) in [5.74, 6) is 1.07. The van der Waals surface area contributed by atoms with Gasteiger partial charge in [-0.2, -0.15) is 18.3 Å².